The van der Waals surface area contributed by atoms with E-state index >= 15 is 0 Å². The highest BCUT2D eigenvalue weighted by Gasteiger charge is 2.05. The lowest BCUT2D eigenvalue weighted by molar-refractivity contribution is 0.767. The van der Waals surface area contributed by atoms with E-state index in [2.05, 4.69) is 15.4 Å². The lowest BCUT2D eigenvalue weighted by Crippen LogP contribution is -2.09. The van der Waals surface area contributed by atoms with Gasteiger partial charge in [0, 0.05) is 12.7 Å². The van der Waals surface area contributed by atoms with Gasteiger partial charge in [0.15, 0.2) is 5.82 Å². The molecule has 0 aliphatic rings. The summed E-state index contributed by atoms with van der Waals surface area (Å²) in [7, 11) is 1.86. The Morgan fingerprint density at radius 3 is 2.81 bits per heavy atom. The van der Waals surface area contributed by atoms with Gasteiger partial charge >= 0.3 is 0 Å². The van der Waals surface area contributed by atoms with E-state index in [1.165, 1.54) is 0 Å². The van der Waals surface area contributed by atoms with Crippen LogP contribution in [-0.4, -0.2) is 21.8 Å². The quantitative estimate of drug-likeness (QED) is 0.886. The Kier molecular flexibility index (Phi) is 3.22. The maximum absolute atomic E-state index is 6.04. The lowest BCUT2D eigenvalue weighted by atomic mass is 10.3. The van der Waals surface area contributed by atoms with Crippen LogP contribution in [0.1, 0.15) is 11.4 Å². The highest BCUT2D eigenvalue weighted by atomic mass is 35.5. The second-order valence-electron chi connectivity index (χ2n) is 3.53. The molecule has 0 radical (unpaired) electrons. The van der Waals surface area contributed by atoms with Crippen molar-refractivity contribution < 1.29 is 0 Å². The Morgan fingerprint density at radius 1 is 1.38 bits per heavy atom. The van der Waals surface area contributed by atoms with E-state index in [9.17, 15) is 0 Å². The van der Waals surface area contributed by atoms with Crippen molar-refractivity contribution >= 4 is 11.6 Å². The fraction of sp³-hybridized carbons (Fsp3) is 0.273. The molecule has 4 nitrogen and oxygen atoms in total. The van der Waals surface area contributed by atoms with Gasteiger partial charge in [-0.2, -0.15) is 5.10 Å². The minimum absolute atomic E-state index is 0.646. The van der Waals surface area contributed by atoms with Crippen molar-refractivity contribution in [2.24, 2.45) is 0 Å². The standard InChI is InChI=1S/C11H13ClN4/c1-8-5-6-16(15-8)11-4-3-9(12)10(14-11)7-13-2/h3-6,13H,7H2,1-2H3. The molecule has 0 aliphatic carbocycles. The number of nitrogens with one attached hydrogen (secondary N) is 1. The Hall–Kier alpha value is -1.39. The predicted molar refractivity (Wildman–Crippen MR) is 63.9 cm³/mol. The number of nitrogens with zero attached hydrogens (tertiary/aromatic N) is 3. The predicted octanol–water partition coefficient (Wildman–Crippen LogP) is 1.95. The zero-order chi connectivity index (χ0) is 11.5. The molecule has 0 amide bonds. The molecule has 0 aromatic carbocycles. The van der Waals surface area contributed by atoms with Gasteiger partial charge in [-0.05, 0) is 32.2 Å². The molecule has 0 bridgehead atoms. The number of rotatable bonds is 3. The minimum Gasteiger partial charge on any atom is -0.314 e. The van der Waals surface area contributed by atoms with Crippen LogP contribution >= 0.6 is 11.6 Å². The smallest absolute Gasteiger partial charge is 0.153 e. The number of hydrogen-bond donors (Lipinski definition) is 1. The molecule has 2 heterocycles. The first-order valence-corrected chi connectivity index (χ1v) is 5.41. The van der Waals surface area contributed by atoms with Gasteiger partial charge in [0.2, 0.25) is 0 Å². The van der Waals surface area contributed by atoms with Gasteiger partial charge in [-0.25, -0.2) is 9.67 Å². The molecule has 0 saturated heterocycles. The molecule has 0 saturated carbocycles. The van der Waals surface area contributed by atoms with Gasteiger partial charge in [-0.1, -0.05) is 11.6 Å². The first kappa shape index (κ1) is 11.1. The highest BCUT2D eigenvalue weighted by molar-refractivity contribution is 6.31. The molecule has 1 N–H and O–H groups in total. The molecule has 2 aromatic heterocycles. The van der Waals surface area contributed by atoms with Crippen LogP contribution in [0, 0.1) is 6.92 Å². The summed E-state index contributed by atoms with van der Waals surface area (Å²) < 4.78 is 1.74. The van der Waals surface area contributed by atoms with Crippen LogP contribution in [0.4, 0.5) is 0 Å². The van der Waals surface area contributed by atoms with Gasteiger partial charge in [0.05, 0.1) is 16.4 Å². The molecule has 0 spiro atoms. The number of aryl methyl sites for hydroxylation is 1. The molecule has 0 aliphatic heterocycles. The molecule has 2 aromatic rings. The maximum Gasteiger partial charge on any atom is 0.153 e. The van der Waals surface area contributed by atoms with Crippen molar-refractivity contribution in [1.82, 2.24) is 20.1 Å². The first-order chi connectivity index (χ1) is 7.70. The van der Waals surface area contributed by atoms with Crippen molar-refractivity contribution in [2.45, 2.75) is 13.5 Å². The summed E-state index contributed by atoms with van der Waals surface area (Å²) in [6.07, 6.45) is 1.88. The summed E-state index contributed by atoms with van der Waals surface area (Å²) in [6.45, 7) is 2.59. The lowest BCUT2D eigenvalue weighted by Gasteiger charge is -2.06. The van der Waals surface area contributed by atoms with Gasteiger partial charge in [-0.15, -0.1) is 0 Å². The van der Waals surface area contributed by atoms with E-state index in [1.54, 1.807) is 4.68 Å². The largest absolute Gasteiger partial charge is 0.314 e. The number of aromatic nitrogens is 3. The topological polar surface area (TPSA) is 42.7 Å². The van der Waals surface area contributed by atoms with Crippen LogP contribution in [0.3, 0.4) is 0 Å². The molecule has 5 heteroatoms. The monoisotopic (exact) mass is 236 g/mol. The summed E-state index contributed by atoms with van der Waals surface area (Å²) in [5.74, 6) is 0.780. The summed E-state index contributed by atoms with van der Waals surface area (Å²) in [5, 5.41) is 8.00. The molecule has 0 atom stereocenters. The fourth-order valence-electron chi connectivity index (χ4n) is 1.43. The highest BCUT2D eigenvalue weighted by Crippen LogP contribution is 2.15. The number of halogens is 1. The van der Waals surface area contributed by atoms with Crippen molar-refractivity contribution in [2.75, 3.05) is 7.05 Å². The van der Waals surface area contributed by atoms with Crippen molar-refractivity contribution in [3.63, 3.8) is 0 Å². The van der Waals surface area contributed by atoms with Gasteiger partial charge < -0.3 is 5.32 Å². The van der Waals surface area contributed by atoms with Crippen LogP contribution in [0.2, 0.25) is 5.02 Å². The third kappa shape index (κ3) is 2.23. The van der Waals surface area contributed by atoms with Crippen LogP contribution in [0.15, 0.2) is 24.4 Å². The summed E-state index contributed by atoms with van der Waals surface area (Å²) in [5.41, 5.74) is 1.79. The van der Waals surface area contributed by atoms with Gasteiger partial charge in [0.25, 0.3) is 0 Å². The molecular formula is C11H13ClN4. The molecule has 2 rings (SSSR count). The second kappa shape index (κ2) is 4.63. The first-order valence-electron chi connectivity index (χ1n) is 5.03. The Labute approximate surface area is 99.3 Å². The number of pyridine rings is 1. The Bertz CT molecular complexity index is 492. The zero-order valence-corrected chi connectivity index (χ0v) is 9.99. The molecular weight excluding hydrogens is 224 g/mol. The molecule has 84 valence electrons. The van der Waals surface area contributed by atoms with Gasteiger partial charge in [0.1, 0.15) is 0 Å². The third-order valence-corrected chi connectivity index (χ3v) is 2.55. The zero-order valence-electron chi connectivity index (χ0n) is 9.24. The second-order valence-corrected chi connectivity index (χ2v) is 3.94. The summed E-state index contributed by atoms with van der Waals surface area (Å²) in [6, 6.07) is 5.63. The van der Waals surface area contributed by atoms with Crippen LogP contribution < -0.4 is 5.32 Å². The van der Waals surface area contributed by atoms with Crippen molar-refractivity contribution in [1.29, 1.82) is 0 Å². The van der Waals surface area contributed by atoms with E-state index < -0.39 is 0 Å². The normalized spacial score (nSPS) is 10.7. The SMILES string of the molecule is CNCc1nc(-n2ccc(C)n2)ccc1Cl. The Morgan fingerprint density at radius 2 is 2.19 bits per heavy atom. The fourth-order valence-corrected chi connectivity index (χ4v) is 1.61. The minimum atomic E-state index is 0.646. The van der Waals surface area contributed by atoms with E-state index in [4.69, 9.17) is 11.6 Å². The third-order valence-electron chi connectivity index (χ3n) is 2.21. The maximum atomic E-state index is 6.04. The average Bonchev–Trinajstić information content (AvgIpc) is 2.69. The summed E-state index contributed by atoms with van der Waals surface area (Å²) >= 11 is 6.04. The van der Waals surface area contributed by atoms with Crippen molar-refractivity contribution in [3.8, 4) is 5.82 Å². The van der Waals surface area contributed by atoms with Crippen LogP contribution in [0.5, 0.6) is 0 Å². The Balaban J connectivity index is 2.39. The van der Waals surface area contributed by atoms with Crippen molar-refractivity contribution in [3.05, 3.63) is 40.8 Å². The van der Waals surface area contributed by atoms with Crippen LogP contribution in [0.25, 0.3) is 5.82 Å². The van der Waals surface area contributed by atoms with E-state index in [0.717, 1.165) is 17.2 Å². The van der Waals surface area contributed by atoms with E-state index in [-0.39, 0.29) is 0 Å². The van der Waals surface area contributed by atoms with Crippen LogP contribution in [-0.2, 0) is 6.54 Å². The summed E-state index contributed by atoms with van der Waals surface area (Å²) in [4.78, 5) is 4.45. The molecule has 0 fully saturated rings. The van der Waals surface area contributed by atoms with Gasteiger partial charge in [-0.3, -0.25) is 0 Å². The van der Waals surface area contributed by atoms with E-state index in [1.807, 2.05) is 38.4 Å². The van der Waals surface area contributed by atoms with E-state index in [0.29, 0.717) is 11.6 Å². The average molecular weight is 237 g/mol. The molecule has 16 heavy (non-hydrogen) atoms. The molecule has 0 unspecified atom stereocenters. The number of hydrogen-bond acceptors (Lipinski definition) is 3.